The molecule has 0 fully saturated rings. The second kappa shape index (κ2) is 14.0. The maximum atomic E-state index is 13.5. The van der Waals surface area contributed by atoms with Crippen LogP contribution in [0.2, 0.25) is 0 Å². The number of anilines is 1. The van der Waals surface area contributed by atoms with Crippen LogP contribution < -0.4 is 19.1 Å². The summed E-state index contributed by atoms with van der Waals surface area (Å²) in [7, 11) is -3.61. The normalized spacial score (nSPS) is 13.4. The zero-order valence-corrected chi connectivity index (χ0v) is 23.3. The number of unbranched alkanes of at least 4 members (excludes halogenated alkanes) is 1. The van der Waals surface area contributed by atoms with Crippen molar-refractivity contribution in [2.24, 2.45) is 0 Å². The maximum absolute atomic E-state index is 13.5. The van der Waals surface area contributed by atoms with Crippen molar-refractivity contribution in [1.29, 1.82) is 0 Å². The average molecular weight is 546 g/mol. The molecule has 0 radical (unpaired) electrons. The Balaban J connectivity index is 1.73. The third-order valence-electron chi connectivity index (χ3n) is 6.38. The van der Waals surface area contributed by atoms with Gasteiger partial charge in [-0.15, -0.1) is 0 Å². The lowest BCUT2D eigenvalue weighted by Crippen LogP contribution is -2.49. The summed E-state index contributed by atoms with van der Waals surface area (Å²) in [5.74, 6) is 0.705. The van der Waals surface area contributed by atoms with Crippen LogP contribution in [0.25, 0.3) is 0 Å². The van der Waals surface area contributed by atoms with E-state index in [4.69, 9.17) is 9.47 Å². The van der Waals surface area contributed by atoms with Crippen LogP contribution >= 0.6 is 0 Å². The van der Waals surface area contributed by atoms with Gasteiger partial charge in [-0.3, -0.25) is 13.9 Å². The van der Waals surface area contributed by atoms with Gasteiger partial charge in [-0.25, -0.2) is 8.42 Å². The van der Waals surface area contributed by atoms with Crippen molar-refractivity contribution in [3.05, 3.63) is 54.1 Å². The molecule has 1 aliphatic heterocycles. The van der Waals surface area contributed by atoms with E-state index in [2.05, 4.69) is 12.2 Å². The number of carbonyl (C=O) groups excluding carboxylic acids is 2. The lowest BCUT2D eigenvalue weighted by molar-refractivity contribution is -0.141. The summed E-state index contributed by atoms with van der Waals surface area (Å²) in [5.41, 5.74) is 1.38. The average Bonchev–Trinajstić information content (AvgIpc) is 2.90. The highest BCUT2D eigenvalue weighted by atomic mass is 32.2. The van der Waals surface area contributed by atoms with Gasteiger partial charge in [0.25, 0.3) is 0 Å². The third-order valence-corrected chi connectivity index (χ3v) is 7.57. The molecular formula is C28H39N3O6S. The molecule has 9 nitrogen and oxygen atoms in total. The standard InChI is InChI=1S/C28H39N3O6S/c1-4-6-16-29-28(33)24(5-2)30(21-22-11-8-7-9-12-22)27(32)13-10-17-31(38(3,34)35)23-14-15-25-26(20-23)37-19-18-36-25/h7-9,11-12,14-15,20,24H,4-6,10,13,16-19,21H2,1-3H3,(H,29,33)/t24-/m0/s1. The molecule has 1 N–H and O–H groups in total. The molecule has 2 aromatic rings. The number of carbonyl (C=O) groups is 2. The molecule has 0 aromatic heterocycles. The first-order valence-electron chi connectivity index (χ1n) is 13.2. The van der Waals surface area contributed by atoms with Crippen LogP contribution in [0.15, 0.2) is 48.5 Å². The highest BCUT2D eigenvalue weighted by Crippen LogP contribution is 2.34. The second-order valence-electron chi connectivity index (χ2n) is 9.34. The molecule has 0 saturated heterocycles. The third kappa shape index (κ3) is 8.11. The number of nitrogens with one attached hydrogen (secondary N) is 1. The van der Waals surface area contributed by atoms with E-state index in [1.54, 1.807) is 23.1 Å². The number of rotatable bonds is 14. The summed E-state index contributed by atoms with van der Waals surface area (Å²) in [4.78, 5) is 28.1. The Morgan fingerprint density at radius 1 is 1.00 bits per heavy atom. The van der Waals surface area contributed by atoms with E-state index < -0.39 is 16.1 Å². The number of amides is 2. The first kappa shape index (κ1) is 29.3. The van der Waals surface area contributed by atoms with Crippen molar-refractivity contribution < 1.29 is 27.5 Å². The van der Waals surface area contributed by atoms with E-state index in [0.29, 0.717) is 56.3 Å². The summed E-state index contributed by atoms with van der Waals surface area (Å²) in [5, 5.41) is 2.95. The molecule has 1 aliphatic rings. The molecule has 0 spiro atoms. The molecule has 208 valence electrons. The summed E-state index contributed by atoms with van der Waals surface area (Å²) in [6, 6.07) is 14.0. The Kier molecular flexibility index (Phi) is 10.8. The zero-order chi connectivity index (χ0) is 27.5. The molecule has 1 atom stereocenters. The Bertz CT molecular complexity index is 1170. The van der Waals surface area contributed by atoms with Gasteiger partial charge in [-0.2, -0.15) is 0 Å². The molecule has 3 rings (SSSR count). The minimum absolute atomic E-state index is 0.0994. The minimum atomic E-state index is -3.61. The Labute approximate surface area is 226 Å². The van der Waals surface area contributed by atoms with Gasteiger partial charge in [-0.05, 0) is 37.0 Å². The van der Waals surface area contributed by atoms with Crippen LogP contribution in [0.5, 0.6) is 11.5 Å². The van der Waals surface area contributed by atoms with Crippen LogP contribution in [0.1, 0.15) is 51.5 Å². The fourth-order valence-electron chi connectivity index (χ4n) is 4.40. The van der Waals surface area contributed by atoms with E-state index in [1.807, 2.05) is 37.3 Å². The molecule has 10 heteroatoms. The SMILES string of the molecule is CCCCNC(=O)[C@H](CC)N(Cc1ccccc1)C(=O)CCCN(c1ccc2c(c1)OCCO2)S(C)(=O)=O. The molecule has 38 heavy (non-hydrogen) atoms. The molecule has 0 bridgehead atoms. The van der Waals surface area contributed by atoms with Crippen LogP contribution in [0.3, 0.4) is 0 Å². The molecular weight excluding hydrogens is 506 g/mol. The number of hydrogen-bond acceptors (Lipinski definition) is 6. The first-order chi connectivity index (χ1) is 18.2. The van der Waals surface area contributed by atoms with Crippen molar-refractivity contribution in [3.63, 3.8) is 0 Å². The summed E-state index contributed by atoms with van der Waals surface area (Å²) >= 11 is 0. The molecule has 2 amide bonds. The Morgan fingerprint density at radius 2 is 1.71 bits per heavy atom. The van der Waals surface area contributed by atoms with Crippen LogP contribution in [-0.2, 0) is 26.2 Å². The van der Waals surface area contributed by atoms with E-state index in [-0.39, 0.29) is 24.8 Å². The predicted molar refractivity (Wildman–Crippen MR) is 148 cm³/mol. The van der Waals surface area contributed by atoms with E-state index in [1.165, 1.54) is 4.31 Å². The number of ether oxygens (including phenoxy) is 2. The molecule has 0 unspecified atom stereocenters. The number of benzene rings is 2. The fourth-order valence-corrected chi connectivity index (χ4v) is 5.35. The van der Waals surface area contributed by atoms with E-state index in [9.17, 15) is 18.0 Å². The highest BCUT2D eigenvalue weighted by Gasteiger charge is 2.29. The fraction of sp³-hybridized carbons (Fsp3) is 0.500. The van der Waals surface area contributed by atoms with Gasteiger partial charge in [-0.1, -0.05) is 50.6 Å². The number of nitrogens with zero attached hydrogens (tertiary/aromatic N) is 2. The number of sulfonamides is 1. The Morgan fingerprint density at radius 3 is 2.37 bits per heavy atom. The van der Waals surface area contributed by atoms with Crippen molar-refractivity contribution in [2.45, 2.75) is 58.5 Å². The smallest absolute Gasteiger partial charge is 0.242 e. The zero-order valence-electron chi connectivity index (χ0n) is 22.5. The molecule has 0 saturated carbocycles. The van der Waals surface area contributed by atoms with Crippen LogP contribution in [0.4, 0.5) is 5.69 Å². The lowest BCUT2D eigenvalue weighted by Gasteiger charge is -2.31. The second-order valence-corrected chi connectivity index (χ2v) is 11.2. The van der Waals surface area contributed by atoms with Crippen LogP contribution in [-0.4, -0.2) is 63.7 Å². The van der Waals surface area contributed by atoms with Gasteiger partial charge in [0, 0.05) is 32.1 Å². The van der Waals surface area contributed by atoms with Gasteiger partial charge < -0.3 is 19.7 Å². The van der Waals surface area contributed by atoms with Gasteiger partial charge in [0.1, 0.15) is 19.3 Å². The quantitative estimate of drug-likeness (QED) is 0.363. The van der Waals surface area contributed by atoms with Crippen molar-refractivity contribution in [2.75, 3.05) is 36.9 Å². The van der Waals surface area contributed by atoms with Crippen molar-refractivity contribution >= 4 is 27.5 Å². The molecule has 2 aromatic carbocycles. The number of fused-ring (bicyclic) bond motifs is 1. The minimum Gasteiger partial charge on any atom is -0.486 e. The summed E-state index contributed by atoms with van der Waals surface area (Å²) < 4.78 is 37.7. The number of hydrogen-bond donors (Lipinski definition) is 1. The van der Waals surface area contributed by atoms with E-state index >= 15 is 0 Å². The van der Waals surface area contributed by atoms with Gasteiger partial charge in [0.05, 0.1) is 11.9 Å². The summed E-state index contributed by atoms with van der Waals surface area (Å²) in [6.45, 7) is 5.77. The molecule has 1 heterocycles. The Hall–Kier alpha value is -3.27. The molecule has 0 aliphatic carbocycles. The summed E-state index contributed by atoms with van der Waals surface area (Å²) in [6.07, 6.45) is 3.84. The van der Waals surface area contributed by atoms with Crippen molar-refractivity contribution in [1.82, 2.24) is 10.2 Å². The van der Waals surface area contributed by atoms with Gasteiger partial charge in [0.2, 0.25) is 21.8 Å². The first-order valence-corrected chi connectivity index (χ1v) is 15.1. The monoisotopic (exact) mass is 545 g/mol. The van der Waals surface area contributed by atoms with Gasteiger partial charge in [0.15, 0.2) is 11.5 Å². The van der Waals surface area contributed by atoms with Crippen molar-refractivity contribution in [3.8, 4) is 11.5 Å². The lowest BCUT2D eigenvalue weighted by atomic mass is 10.1. The van der Waals surface area contributed by atoms with E-state index in [0.717, 1.165) is 24.7 Å². The van der Waals surface area contributed by atoms with Gasteiger partial charge >= 0.3 is 0 Å². The maximum Gasteiger partial charge on any atom is 0.242 e. The highest BCUT2D eigenvalue weighted by molar-refractivity contribution is 7.92. The largest absolute Gasteiger partial charge is 0.486 e. The van der Waals surface area contributed by atoms with Crippen LogP contribution in [0, 0.1) is 0 Å². The topological polar surface area (TPSA) is 105 Å². The predicted octanol–water partition coefficient (Wildman–Crippen LogP) is 3.73.